The van der Waals surface area contributed by atoms with Crippen molar-refractivity contribution in [2.75, 3.05) is 0 Å². The molecule has 10 heteroatoms. The van der Waals surface area contributed by atoms with Gasteiger partial charge in [0, 0.05) is 6.42 Å². The molecule has 0 amide bonds. The Bertz CT molecular complexity index is 1080. The average molecular weight is 625 g/mol. The summed E-state index contributed by atoms with van der Waals surface area (Å²) < 4.78 is 94.4. The minimum absolute atomic E-state index is 0.0267. The SMILES string of the molecule is C=C1/C(=C\C=C2CCC[C@@]3(C)C2CC[C@@H]3[C@](C)(C/C=C/C(O)(C(F)(F)F)C(F)(F)F)CCCC(C)(C)O)C[C@@H](O)C[C@H]1F. The number of allylic oxidation sites excluding steroid dienone is 5. The van der Waals surface area contributed by atoms with Crippen LogP contribution >= 0.6 is 0 Å². The molecule has 0 aromatic rings. The summed E-state index contributed by atoms with van der Waals surface area (Å²) in [7, 11) is 0. The molecular weight excluding hydrogens is 577 g/mol. The molecule has 3 aliphatic rings. The van der Waals surface area contributed by atoms with Gasteiger partial charge in [0.1, 0.15) is 6.17 Å². The van der Waals surface area contributed by atoms with Crippen molar-refractivity contribution >= 4 is 0 Å². The van der Waals surface area contributed by atoms with Crippen LogP contribution in [0.25, 0.3) is 0 Å². The van der Waals surface area contributed by atoms with E-state index in [0.717, 1.165) is 38.2 Å². The highest BCUT2D eigenvalue weighted by atomic mass is 19.4. The molecule has 3 rings (SSSR count). The third kappa shape index (κ3) is 7.78. The first-order valence-electron chi connectivity index (χ1n) is 15.2. The normalized spacial score (nSPS) is 32.9. The summed E-state index contributed by atoms with van der Waals surface area (Å²) in [5.41, 5.74) is -4.69. The second-order valence-electron chi connectivity index (χ2n) is 14.3. The van der Waals surface area contributed by atoms with Crippen molar-refractivity contribution in [2.24, 2.45) is 22.7 Å². The van der Waals surface area contributed by atoms with Crippen LogP contribution in [0.2, 0.25) is 0 Å². The van der Waals surface area contributed by atoms with E-state index < -0.39 is 41.2 Å². The van der Waals surface area contributed by atoms with Crippen LogP contribution in [0.15, 0.2) is 47.6 Å². The van der Waals surface area contributed by atoms with Crippen LogP contribution in [0.5, 0.6) is 0 Å². The van der Waals surface area contributed by atoms with Gasteiger partial charge in [0.25, 0.3) is 5.60 Å². The highest BCUT2D eigenvalue weighted by molar-refractivity contribution is 5.39. The molecule has 1 unspecified atom stereocenters. The van der Waals surface area contributed by atoms with Crippen LogP contribution in [0.4, 0.5) is 30.7 Å². The highest BCUT2D eigenvalue weighted by Gasteiger charge is 2.69. The molecule has 0 saturated heterocycles. The number of hydrogen-bond acceptors (Lipinski definition) is 3. The average Bonchev–Trinajstić information content (AvgIpc) is 3.21. The monoisotopic (exact) mass is 624 g/mol. The number of alkyl halides is 7. The topological polar surface area (TPSA) is 60.7 Å². The molecule has 3 saturated carbocycles. The Hall–Kier alpha value is -1.65. The van der Waals surface area contributed by atoms with Gasteiger partial charge in [-0.2, -0.15) is 26.3 Å². The van der Waals surface area contributed by atoms with Gasteiger partial charge < -0.3 is 15.3 Å². The smallest absolute Gasteiger partial charge is 0.393 e. The van der Waals surface area contributed by atoms with E-state index in [1.54, 1.807) is 13.8 Å². The van der Waals surface area contributed by atoms with Gasteiger partial charge in [-0.3, -0.25) is 0 Å². The number of halogens is 7. The van der Waals surface area contributed by atoms with Crippen molar-refractivity contribution in [3.63, 3.8) is 0 Å². The Morgan fingerprint density at radius 2 is 1.60 bits per heavy atom. The van der Waals surface area contributed by atoms with Crippen molar-refractivity contribution < 1.29 is 46.1 Å². The molecule has 0 aromatic heterocycles. The van der Waals surface area contributed by atoms with Gasteiger partial charge in [-0.05, 0) is 112 Å². The van der Waals surface area contributed by atoms with Crippen molar-refractivity contribution in [2.45, 2.75) is 134 Å². The van der Waals surface area contributed by atoms with Gasteiger partial charge in [0.05, 0.1) is 11.7 Å². The maximum absolute atomic E-state index is 14.3. The summed E-state index contributed by atoms with van der Waals surface area (Å²) in [6.07, 6.45) is -3.71. The van der Waals surface area contributed by atoms with Gasteiger partial charge >= 0.3 is 12.4 Å². The fraction of sp³-hybridized carbons (Fsp3) is 0.758. The Balaban J connectivity index is 1.93. The van der Waals surface area contributed by atoms with Gasteiger partial charge in [-0.1, -0.05) is 50.6 Å². The Labute approximate surface area is 250 Å². The third-order valence-corrected chi connectivity index (χ3v) is 10.4. The molecule has 3 N–H and O–H groups in total. The molecular formula is C33H47F7O3. The first-order chi connectivity index (χ1) is 19.5. The maximum atomic E-state index is 14.3. The van der Waals surface area contributed by atoms with Crippen molar-refractivity contribution in [1.29, 1.82) is 0 Å². The number of aliphatic hydroxyl groups excluding tert-OH is 1. The van der Waals surface area contributed by atoms with E-state index in [1.165, 1.54) is 5.57 Å². The second-order valence-corrected chi connectivity index (χ2v) is 14.3. The standard InChI is InChI=1S/C33H47F7O3/c1-21-23(19-24(41)20-26(21)34)11-10-22-9-6-17-30(5)25(22)12-13-27(30)29(4,15-7-14-28(2,3)42)16-8-18-31(43,32(35,36)37)33(38,39)40/h8,10-11,18,24-27,41-43H,1,6-7,9,12-17,19-20H2,2-5H3/b18-8+,22-10?,23-11-/t24-,25?,26-,27-,29+,30+/m1/s1. The molecule has 0 radical (unpaired) electrons. The minimum Gasteiger partial charge on any atom is -0.393 e. The minimum atomic E-state index is -5.93. The van der Waals surface area contributed by atoms with Crippen LogP contribution in [0.1, 0.15) is 98.3 Å². The Morgan fingerprint density at radius 1 is 0.977 bits per heavy atom. The Morgan fingerprint density at radius 3 is 2.19 bits per heavy atom. The number of rotatable bonds is 9. The second kappa shape index (κ2) is 12.6. The largest absolute Gasteiger partial charge is 0.429 e. The summed E-state index contributed by atoms with van der Waals surface area (Å²) in [5, 5.41) is 30.0. The van der Waals surface area contributed by atoms with Crippen molar-refractivity contribution in [3.05, 3.63) is 47.6 Å². The van der Waals surface area contributed by atoms with Crippen LogP contribution in [-0.2, 0) is 0 Å². The van der Waals surface area contributed by atoms with Gasteiger partial charge in [0.2, 0.25) is 0 Å². The van der Waals surface area contributed by atoms with Crippen LogP contribution in [-0.4, -0.2) is 51.1 Å². The first-order valence-corrected chi connectivity index (χ1v) is 15.2. The number of hydrogen-bond donors (Lipinski definition) is 3. The molecule has 0 heterocycles. The lowest BCUT2D eigenvalue weighted by Gasteiger charge is -2.49. The molecule has 0 aliphatic heterocycles. The maximum Gasteiger partial charge on any atom is 0.429 e. The summed E-state index contributed by atoms with van der Waals surface area (Å²) in [4.78, 5) is 0. The lowest BCUT2D eigenvalue weighted by molar-refractivity contribution is -0.347. The van der Waals surface area contributed by atoms with Gasteiger partial charge in [-0.15, -0.1) is 0 Å². The number of aliphatic hydroxyl groups is 3. The van der Waals surface area contributed by atoms with E-state index in [1.807, 2.05) is 19.1 Å². The fourth-order valence-electron chi connectivity index (χ4n) is 8.01. The fourth-order valence-corrected chi connectivity index (χ4v) is 8.01. The predicted octanol–water partition coefficient (Wildman–Crippen LogP) is 8.85. The first kappa shape index (κ1) is 35.8. The molecule has 6 atom stereocenters. The highest BCUT2D eigenvalue weighted by Crippen LogP contribution is 2.64. The molecule has 43 heavy (non-hydrogen) atoms. The zero-order valence-corrected chi connectivity index (χ0v) is 25.6. The molecule has 0 bridgehead atoms. The predicted molar refractivity (Wildman–Crippen MR) is 153 cm³/mol. The Kier molecular flexibility index (Phi) is 10.5. The van der Waals surface area contributed by atoms with Crippen molar-refractivity contribution in [1.82, 2.24) is 0 Å². The van der Waals surface area contributed by atoms with E-state index in [-0.39, 0.29) is 36.2 Å². The van der Waals surface area contributed by atoms with Crippen molar-refractivity contribution in [3.8, 4) is 0 Å². The van der Waals surface area contributed by atoms with Gasteiger partial charge in [-0.25, -0.2) is 4.39 Å². The van der Waals surface area contributed by atoms with E-state index in [4.69, 9.17) is 0 Å². The molecule has 3 fully saturated rings. The van der Waals surface area contributed by atoms with Gasteiger partial charge in [0.15, 0.2) is 0 Å². The summed E-state index contributed by atoms with van der Waals surface area (Å²) in [5.74, 6) is 0.0882. The zero-order valence-electron chi connectivity index (χ0n) is 25.6. The zero-order chi connectivity index (χ0) is 32.6. The summed E-state index contributed by atoms with van der Waals surface area (Å²) >= 11 is 0. The van der Waals surface area contributed by atoms with Crippen LogP contribution < -0.4 is 0 Å². The third-order valence-electron chi connectivity index (χ3n) is 10.4. The molecule has 3 aliphatic carbocycles. The van der Waals surface area contributed by atoms with E-state index in [9.17, 15) is 46.1 Å². The lowest BCUT2D eigenvalue weighted by Crippen LogP contribution is -2.55. The van der Waals surface area contributed by atoms with Crippen LogP contribution in [0.3, 0.4) is 0 Å². The number of fused-ring (bicyclic) bond motifs is 1. The molecule has 246 valence electrons. The summed E-state index contributed by atoms with van der Waals surface area (Å²) in [6.45, 7) is 11.2. The summed E-state index contributed by atoms with van der Waals surface area (Å²) in [6, 6.07) is 0. The van der Waals surface area contributed by atoms with E-state index in [2.05, 4.69) is 13.5 Å². The molecule has 3 nitrogen and oxygen atoms in total. The van der Waals surface area contributed by atoms with E-state index >= 15 is 0 Å². The quantitative estimate of drug-likeness (QED) is 0.177. The van der Waals surface area contributed by atoms with E-state index in [0.29, 0.717) is 36.8 Å². The molecule has 0 aromatic carbocycles. The molecule has 0 spiro atoms. The van der Waals surface area contributed by atoms with Crippen LogP contribution in [0, 0.1) is 22.7 Å². The lowest BCUT2D eigenvalue weighted by atomic mass is 9.55.